The molecule has 0 spiro atoms. The van der Waals surface area contributed by atoms with Gasteiger partial charge < -0.3 is 10.1 Å². The Kier molecular flexibility index (Phi) is 5.75. The number of rotatable bonds is 4. The quantitative estimate of drug-likeness (QED) is 0.669. The van der Waals surface area contributed by atoms with Crippen LogP contribution in [0.1, 0.15) is 62.8 Å². The van der Waals surface area contributed by atoms with Crippen LogP contribution in [0.2, 0.25) is 0 Å². The molecular weight excluding hydrogens is 396 g/mol. The van der Waals surface area contributed by atoms with Crippen molar-refractivity contribution in [3.8, 4) is 11.1 Å². The van der Waals surface area contributed by atoms with Crippen LogP contribution in [0.25, 0.3) is 11.1 Å². The van der Waals surface area contributed by atoms with Crippen LogP contribution >= 0.6 is 0 Å². The summed E-state index contributed by atoms with van der Waals surface area (Å²) < 4.78 is 5.96. The molecular formula is C28H36N2O2. The van der Waals surface area contributed by atoms with Crippen LogP contribution in [0.15, 0.2) is 42.5 Å². The molecule has 0 aromatic heterocycles. The van der Waals surface area contributed by atoms with E-state index in [4.69, 9.17) is 4.74 Å². The molecule has 3 fully saturated rings. The first kappa shape index (κ1) is 21.5. The fraction of sp³-hybridized carbons (Fsp3) is 0.536. The fourth-order valence-electron chi connectivity index (χ4n) is 5.88. The Morgan fingerprint density at radius 3 is 2.62 bits per heavy atom. The van der Waals surface area contributed by atoms with Gasteiger partial charge in [0.1, 0.15) is 6.10 Å². The minimum atomic E-state index is -0.255. The molecule has 3 heterocycles. The Bertz CT molecular complexity index is 991. The van der Waals surface area contributed by atoms with E-state index in [1.54, 1.807) is 0 Å². The standard InChI is InChI=1S/C28H36N2O2/c1-4-19-6-5-7-21(16-19)22-8-9-24-23(17-22)10-13-28(2,3)26(24)29-27(31)32-25-18-30-14-11-20(25)12-15-30/h5-9,16-17,20,25-26H,4,10-15,18H2,1-3H3,(H,29,31)/t25-,26-/m0/s1. The van der Waals surface area contributed by atoms with Crippen LogP contribution in [-0.2, 0) is 17.6 Å². The predicted octanol–water partition coefficient (Wildman–Crippen LogP) is 5.75. The summed E-state index contributed by atoms with van der Waals surface area (Å²) in [6.07, 6.45) is 5.21. The van der Waals surface area contributed by atoms with E-state index >= 15 is 0 Å². The van der Waals surface area contributed by atoms with Crippen LogP contribution in [0.5, 0.6) is 0 Å². The second-order valence-electron chi connectivity index (χ2n) is 10.6. The SMILES string of the molecule is CCc1cccc(-c2ccc3c(c2)CCC(C)(C)[C@H]3NC(=O)O[C@H]2CN3CCC2CC3)c1. The van der Waals surface area contributed by atoms with E-state index in [0.29, 0.717) is 5.92 Å². The first-order valence-electron chi connectivity index (χ1n) is 12.3. The molecule has 2 bridgehead atoms. The summed E-state index contributed by atoms with van der Waals surface area (Å²) in [6, 6.07) is 15.5. The van der Waals surface area contributed by atoms with Crippen molar-refractivity contribution in [3.63, 3.8) is 0 Å². The predicted molar refractivity (Wildman–Crippen MR) is 129 cm³/mol. The summed E-state index contributed by atoms with van der Waals surface area (Å²) in [5, 5.41) is 3.27. The molecule has 3 aliphatic heterocycles. The van der Waals surface area contributed by atoms with E-state index in [-0.39, 0.29) is 23.7 Å². The number of alkyl carbamates (subject to hydrolysis) is 1. The normalized spacial score (nSPS) is 28.1. The summed E-state index contributed by atoms with van der Waals surface area (Å²) in [6.45, 7) is 9.90. The highest BCUT2D eigenvalue weighted by atomic mass is 16.6. The van der Waals surface area contributed by atoms with Gasteiger partial charge in [-0.3, -0.25) is 4.90 Å². The zero-order valence-corrected chi connectivity index (χ0v) is 19.7. The fourth-order valence-corrected chi connectivity index (χ4v) is 5.88. The Balaban J connectivity index is 1.35. The van der Waals surface area contributed by atoms with Crippen molar-refractivity contribution in [2.45, 2.75) is 65.0 Å². The van der Waals surface area contributed by atoms with Crippen molar-refractivity contribution in [3.05, 3.63) is 59.2 Å². The van der Waals surface area contributed by atoms with Gasteiger partial charge in [0.2, 0.25) is 0 Å². The summed E-state index contributed by atoms with van der Waals surface area (Å²) in [5.74, 6) is 0.527. The van der Waals surface area contributed by atoms with Gasteiger partial charge in [0.05, 0.1) is 6.04 Å². The molecule has 0 unspecified atom stereocenters. The third-order valence-electron chi connectivity index (χ3n) is 8.06. The molecule has 32 heavy (non-hydrogen) atoms. The van der Waals surface area contributed by atoms with Gasteiger partial charge in [0.25, 0.3) is 0 Å². The molecule has 1 amide bonds. The molecule has 2 atom stereocenters. The third kappa shape index (κ3) is 4.17. The van der Waals surface area contributed by atoms with E-state index < -0.39 is 0 Å². The lowest BCUT2D eigenvalue weighted by molar-refractivity contribution is -0.0353. The Labute approximate surface area is 192 Å². The second-order valence-corrected chi connectivity index (χ2v) is 10.6. The number of aryl methyl sites for hydroxylation is 2. The van der Waals surface area contributed by atoms with E-state index in [9.17, 15) is 4.79 Å². The van der Waals surface area contributed by atoms with Crippen LogP contribution < -0.4 is 5.32 Å². The topological polar surface area (TPSA) is 41.6 Å². The number of amides is 1. The molecule has 4 nitrogen and oxygen atoms in total. The number of nitrogens with zero attached hydrogens (tertiary/aromatic N) is 1. The maximum atomic E-state index is 13.0. The number of carbonyl (C=O) groups is 1. The van der Waals surface area contributed by atoms with Gasteiger partial charge >= 0.3 is 6.09 Å². The zero-order chi connectivity index (χ0) is 22.3. The third-order valence-corrected chi connectivity index (χ3v) is 8.06. The molecule has 2 aromatic rings. The van der Waals surface area contributed by atoms with E-state index in [0.717, 1.165) is 51.7 Å². The maximum Gasteiger partial charge on any atom is 0.407 e. The number of nitrogens with one attached hydrogen (secondary N) is 1. The first-order valence-corrected chi connectivity index (χ1v) is 12.3. The average molecular weight is 433 g/mol. The lowest BCUT2D eigenvalue weighted by atomic mass is 9.70. The number of carbonyl (C=O) groups excluding carboxylic acids is 1. The highest BCUT2D eigenvalue weighted by Crippen LogP contribution is 2.44. The van der Waals surface area contributed by atoms with Crippen LogP contribution in [0.4, 0.5) is 4.79 Å². The molecule has 0 saturated carbocycles. The minimum absolute atomic E-state index is 0.00919. The van der Waals surface area contributed by atoms with Crippen LogP contribution in [0, 0.1) is 11.3 Å². The molecule has 170 valence electrons. The van der Waals surface area contributed by atoms with Crippen molar-refractivity contribution in [2.75, 3.05) is 19.6 Å². The number of fused-ring (bicyclic) bond motifs is 4. The summed E-state index contributed by atoms with van der Waals surface area (Å²) in [4.78, 5) is 15.4. The monoisotopic (exact) mass is 432 g/mol. The van der Waals surface area contributed by atoms with Gasteiger partial charge in [-0.15, -0.1) is 0 Å². The number of hydrogen-bond acceptors (Lipinski definition) is 3. The average Bonchev–Trinajstić information content (AvgIpc) is 2.81. The van der Waals surface area contributed by atoms with Crippen LogP contribution in [0.3, 0.4) is 0 Å². The molecule has 1 aliphatic carbocycles. The number of piperidine rings is 3. The number of hydrogen-bond donors (Lipinski definition) is 1. The molecule has 4 heteroatoms. The van der Waals surface area contributed by atoms with Gasteiger partial charge in [-0.1, -0.05) is 63.2 Å². The highest BCUT2D eigenvalue weighted by Gasteiger charge is 2.40. The lowest BCUT2D eigenvalue weighted by Crippen LogP contribution is -2.53. The van der Waals surface area contributed by atoms with Gasteiger partial charge in [0.15, 0.2) is 0 Å². The number of ether oxygens (including phenoxy) is 1. The van der Waals surface area contributed by atoms with Gasteiger partial charge in [-0.25, -0.2) is 4.79 Å². The van der Waals surface area contributed by atoms with Gasteiger partial charge in [-0.2, -0.15) is 0 Å². The smallest absolute Gasteiger partial charge is 0.407 e. The largest absolute Gasteiger partial charge is 0.445 e. The Morgan fingerprint density at radius 2 is 1.91 bits per heavy atom. The van der Waals surface area contributed by atoms with E-state index in [2.05, 4.69) is 73.5 Å². The summed E-state index contributed by atoms with van der Waals surface area (Å²) in [5.41, 5.74) is 6.46. The zero-order valence-electron chi connectivity index (χ0n) is 19.7. The Morgan fingerprint density at radius 1 is 1.12 bits per heavy atom. The van der Waals surface area contributed by atoms with E-state index in [1.807, 2.05) is 0 Å². The Hall–Kier alpha value is -2.33. The van der Waals surface area contributed by atoms with Crippen molar-refractivity contribution >= 4 is 6.09 Å². The van der Waals surface area contributed by atoms with Crippen molar-refractivity contribution in [1.82, 2.24) is 10.2 Å². The first-order chi connectivity index (χ1) is 15.4. The maximum absolute atomic E-state index is 13.0. The molecule has 6 rings (SSSR count). The highest BCUT2D eigenvalue weighted by molar-refractivity contribution is 5.70. The van der Waals surface area contributed by atoms with Gasteiger partial charge in [-0.05, 0) is 84.3 Å². The van der Waals surface area contributed by atoms with Crippen LogP contribution in [-0.4, -0.2) is 36.7 Å². The second kappa shape index (κ2) is 8.55. The molecule has 2 aromatic carbocycles. The minimum Gasteiger partial charge on any atom is -0.445 e. The van der Waals surface area contributed by atoms with E-state index in [1.165, 1.54) is 27.8 Å². The number of benzene rings is 2. The van der Waals surface area contributed by atoms with Crippen molar-refractivity contribution in [1.29, 1.82) is 0 Å². The molecule has 0 radical (unpaired) electrons. The molecule has 1 N–H and O–H groups in total. The molecule has 4 aliphatic rings. The molecule has 3 saturated heterocycles. The van der Waals surface area contributed by atoms with Gasteiger partial charge in [0, 0.05) is 6.54 Å². The lowest BCUT2D eigenvalue weighted by Gasteiger charge is -2.44. The summed E-state index contributed by atoms with van der Waals surface area (Å²) in [7, 11) is 0. The van der Waals surface area contributed by atoms with Crippen molar-refractivity contribution < 1.29 is 9.53 Å². The van der Waals surface area contributed by atoms with Crippen molar-refractivity contribution in [2.24, 2.45) is 11.3 Å². The summed E-state index contributed by atoms with van der Waals surface area (Å²) >= 11 is 0.